The molecule has 0 spiro atoms. The summed E-state index contributed by atoms with van der Waals surface area (Å²) in [4.78, 5) is 26.9. The van der Waals surface area contributed by atoms with Gasteiger partial charge in [-0.05, 0) is 77.6 Å². The number of nitrogens with zero attached hydrogens (tertiary/aromatic N) is 1. The van der Waals surface area contributed by atoms with Crippen LogP contribution in [0.4, 0.5) is 0 Å². The molecule has 0 radical (unpaired) electrons. The van der Waals surface area contributed by atoms with Crippen molar-refractivity contribution in [2.75, 3.05) is 14.1 Å². The highest BCUT2D eigenvalue weighted by Gasteiger charge is 2.12. The Hall–Kier alpha value is -4.64. The van der Waals surface area contributed by atoms with Crippen molar-refractivity contribution in [3.05, 3.63) is 143 Å². The Kier molecular flexibility index (Phi) is 10.5. The van der Waals surface area contributed by atoms with Crippen molar-refractivity contribution in [3.8, 4) is 11.5 Å². The minimum Gasteiger partial charge on any atom is -0.489 e. The van der Waals surface area contributed by atoms with E-state index in [9.17, 15) is 9.59 Å². The van der Waals surface area contributed by atoms with Crippen LogP contribution in [0.1, 0.15) is 63.1 Å². The molecule has 0 fully saturated rings. The van der Waals surface area contributed by atoms with Gasteiger partial charge in [0.15, 0.2) is 11.6 Å². The number of rotatable bonds is 14. The fourth-order valence-electron chi connectivity index (χ4n) is 4.32. The highest BCUT2D eigenvalue weighted by Crippen LogP contribution is 2.24. The minimum absolute atomic E-state index is 0.0460. The van der Waals surface area contributed by atoms with Crippen LogP contribution in [0.25, 0.3) is 0 Å². The molecule has 41 heavy (non-hydrogen) atoms. The number of ketones is 2. The van der Waals surface area contributed by atoms with Crippen molar-refractivity contribution >= 4 is 11.6 Å². The number of ether oxygens (including phenoxy) is 2. The van der Waals surface area contributed by atoms with Gasteiger partial charge in [0.2, 0.25) is 0 Å². The van der Waals surface area contributed by atoms with E-state index < -0.39 is 0 Å². The van der Waals surface area contributed by atoms with Crippen molar-refractivity contribution in [2.24, 2.45) is 0 Å². The molecule has 0 aliphatic heterocycles. The van der Waals surface area contributed by atoms with E-state index >= 15 is 0 Å². The molecule has 0 unspecified atom stereocenters. The third kappa shape index (κ3) is 9.21. The molecule has 0 aliphatic rings. The number of hydrogen-bond acceptors (Lipinski definition) is 5. The Balaban J connectivity index is 1.24. The number of carbonyl (C=O) groups is 2. The average molecular weight is 548 g/mol. The summed E-state index contributed by atoms with van der Waals surface area (Å²) >= 11 is 0. The van der Waals surface area contributed by atoms with Crippen LogP contribution in [0, 0.1) is 0 Å². The van der Waals surface area contributed by atoms with E-state index in [2.05, 4.69) is 19.1 Å². The number of Topliss-reactive ketones (excluding diaryl/α,β-unsaturated/α-hetero) is 1. The van der Waals surface area contributed by atoms with Crippen LogP contribution in [-0.2, 0) is 13.2 Å². The molecule has 5 nitrogen and oxygen atoms in total. The van der Waals surface area contributed by atoms with E-state index in [1.54, 1.807) is 24.4 Å². The summed E-state index contributed by atoms with van der Waals surface area (Å²) in [6, 6.07) is 32.9. The molecule has 0 saturated heterocycles. The first-order valence-corrected chi connectivity index (χ1v) is 13.9. The maximum atomic E-state index is 12.8. The predicted octanol–water partition coefficient (Wildman–Crippen LogP) is 7.87. The lowest BCUT2D eigenvalue weighted by Gasteiger charge is -2.14. The number of benzene rings is 4. The van der Waals surface area contributed by atoms with Crippen LogP contribution in [0.15, 0.2) is 115 Å². The quantitative estimate of drug-likeness (QED) is 0.119. The number of carbonyl (C=O) groups excluding carboxylic acids is 2. The first-order valence-electron chi connectivity index (χ1n) is 13.9. The van der Waals surface area contributed by atoms with Crippen LogP contribution in [0.2, 0.25) is 0 Å². The fraction of sp³-hybridized carbons (Fsp3) is 0.222. The van der Waals surface area contributed by atoms with Crippen molar-refractivity contribution in [2.45, 2.75) is 38.9 Å². The molecular formula is C36H37NO4. The average Bonchev–Trinajstić information content (AvgIpc) is 3.01. The van der Waals surface area contributed by atoms with Gasteiger partial charge in [0.25, 0.3) is 0 Å². The molecule has 4 aromatic rings. The van der Waals surface area contributed by atoms with Gasteiger partial charge in [-0.1, -0.05) is 61.5 Å². The lowest BCUT2D eigenvalue weighted by Crippen LogP contribution is -2.04. The second-order valence-corrected chi connectivity index (χ2v) is 10.4. The maximum absolute atomic E-state index is 12.8. The Bertz CT molecular complexity index is 1440. The Morgan fingerprint density at radius 3 is 1.95 bits per heavy atom. The van der Waals surface area contributed by atoms with Crippen LogP contribution >= 0.6 is 0 Å². The standard InChI is InChI=1S/C36H37NO4/c1-27(12-21-35(38)30-13-17-33(18-14-30)40-25-28-8-5-4-6-9-28)32-11-7-10-29(24-32)26-41-34-19-15-31(16-20-34)36(39)22-23-37(2)3/h4-11,13-20,22-24,27H,12,21,25-26H2,1-3H3/b23-22+/t27-/m0/s1. The minimum atomic E-state index is -0.0460. The first-order chi connectivity index (χ1) is 19.9. The van der Waals surface area contributed by atoms with E-state index in [0.29, 0.717) is 36.5 Å². The Morgan fingerprint density at radius 2 is 1.32 bits per heavy atom. The molecule has 4 rings (SSSR count). The molecule has 4 aromatic carbocycles. The fourth-order valence-corrected chi connectivity index (χ4v) is 4.32. The second kappa shape index (κ2) is 14.7. The van der Waals surface area contributed by atoms with Gasteiger partial charge < -0.3 is 14.4 Å². The third-order valence-corrected chi connectivity index (χ3v) is 6.82. The molecule has 5 heteroatoms. The van der Waals surface area contributed by atoms with Crippen LogP contribution < -0.4 is 9.47 Å². The maximum Gasteiger partial charge on any atom is 0.187 e. The summed E-state index contributed by atoms with van der Waals surface area (Å²) < 4.78 is 11.8. The molecule has 210 valence electrons. The van der Waals surface area contributed by atoms with E-state index in [-0.39, 0.29) is 17.5 Å². The van der Waals surface area contributed by atoms with Crippen molar-refractivity contribution in [1.29, 1.82) is 0 Å². The summed E-state index contributed by atoms with van der Waals surface area (Å²) in [6.07, 6.45) is 4.51. The topological polar surface area (TPSA) is 55.8 Å². The lowest BCUT2D eigenvalue weighted by atomic mass is 9.93. The van der Waals surface area contributed by atoms with Crippen molar-refractivity contribution in [1.82, 2.24) is 4.90 Å². The number of allylic oxidation sites excluding steroid dienone is 1. The zero-order chi connectivity index (χ0) is 29.0. The Labute approximate surface area is 243 Å². The zero-order valence-corrected chi connectivity index (χ0v) is 24.0. The normalized spacial score (nSPS) is 11.7. The first kappa shape index (κ1) is 29.3. The van der Waals surface area contributed by atoms with Crippen molar-refractivity contribution < 1.29 is 19.1 Å². The van der Waals surface area contributed by atoms with Gasteiger partial charge in [-0.15, -0.1) is 0 Å². The molecule has 0 aromatic heterocycles. The predicted molar refractivity (Wildman–Crippen MR) is 164 cm³/mol. The molecule has 0 aliphatic carbocycles. The largest absolute Gasteiger partial charge is 0.489 e. The van der Waals surface area contributed by atoms with Gasteiger partial charge in [0, 0.05) is 43.9 Å². The van der Waals surface area contributed by atoms with Crippen LogP contribution in [-0.4, -0.2) is 30.6 Å². The molecular weight excluding hydrogens is 510 g/mol. The van der Waals surface area contributed by atoms with E-state index in [4.69, 9.17) is 9.47 Å². The number of hydrogen-bond donors (Lipinski definition) is 0. The van der Waals surface area contributed by atoms with Gasteiger partial charge in [-0.3, -0.25) is 9.59 Å². The van der Waals surface area contributed by atoms with Gasteiger partial charge in [0.05, 0.1) is 0 Å². The van der Waals surface area contributed by atoms with Gasteiger partial charge in [-0.2, -0.15) is 0 Å². The van der Waals surface area contributed by atoms with Gasteiger partial charge in [0.1, 0.15) is 24.7 Å². The highest BCUT2D eigenvalue weighted by atomic mass is 16.5. The molecule has 0 saturated carbocycles. The molecule has 0 N–H and O–H groups in total. The van der Waals surface area contributed by atoms with Gasteiger partial charge >= 0.3 is 0 Å². The molecule has 0 heterocycles. The van der Waals surface area contributed by atoms with Crippen LogP contribution in [0.3, 0.4) is 0 Å². The molecule has 0 amide bonds. The third-order valence-electron chi connectivity index (χ3n) is 6.82. The Morgan fingerprint density at radius 1 is 0.732 bits per heavy atom. The van der Waals surface area contributed by atoms with Crippen molar-refractivity contribution in [3.63, 3.8) is 0 Å². The monoisotopic (exact) mass is 547 g/mol. The summed E-state index contributed by atoms with van der Waals surface area (Å²) in [5.41, 5.74) is 4.66. The molecule has 0 bridgehead atoms. The summed E-state index contributed by atoms with van der Waals surface area (Å²) in [7, 11) is 3.75. The highest BCUT2D eigenvalue weighted by molar-refractivity contribution is 6.04. The van der Waals surface area contributed by atoms with E-state index in [0.717, 1.165) is 23.3 Å². The second-order valence-electron chi connectivity index (χ2n) is 10.4. The zero-order valence-electron chi connectivity index (χ0n) is 24.0. The SMILES string of the molecule is C[C@@H](CCC(=O)c1ccc(OCc2ccccc2)cc1)c1cccc(COc2ccc(C(=O)/C=C/N(C)C)cc2)c1. The lowest BCUT2D eigenvalue weighted by molar-refractivity contribution is 0.0977. The summed E-state index contributed by atoms with van der Waals surface area (Å²) in [6.45, 7) is 3.07. The van der Waals surface area contributed by atoms with E-state index in [1.165, 1.54) is 5.56 Å². The van der Waals surface area contributed by atoms with E-state index in [1.807, 2.05) is 97.9 Å². The summed E-state index contributed by atoms with van der Waals surface area (Å²) in [5, 5.41) is 0. The summed E-state index contributed by atoms with van der Waals surface area (Å²) in [5.74, 6) is 1.77. The molecule has 1 atom stereocenters. The van der Waals surface area contributed by atoms with Gasteiger partial charge in [-0.25, -0.2) is 0 Å². The van der Waals surface area contributed by atoms with Crippen LogP contribution in [0.5, 0.6) is 11.5 Å². The smallest absolute Gasteiger partial charge is 0.187 e.